The van der Waals surface area contributed by atoms with E-state index >= 15 is 0 Å². The minimum absolute atomic E-state index is 0.103. The molecule has 2 aromatic carbocycles. The zero-order chi connectivity index (χ0) is 17.5. The Kier molecular flexibility index (Phi) is 5.95. The number of ether oxygens (including phenoxy) is 1. The summed E-state index contributed by atoms with van der Waals surface area (Å²) < 4.78 is 5.46. The molecule has 0 radical (unpaired) electrons. The average Bonchev–Trinajstić information content (AvgIpc) is 2.58. The first-order chi connectivity index (χ1) is 11.5. The SMILES string of the molecule is CC(C)C(NC(=O)COc1ccccc1C(N)=O)c1ccccc1. The molecular weight excluding hydrogens is 304 g/mol. The van der Waals surface area contributed by atoms with Crippen LogP contribution in [-0.2, 0) is 4.79 Å². The first kappa shape index (κ1) is 17.5. The van der Waals surface area contributed by atoms with Crippen LogP contribution in [0.25, 0.3) is 0 Å². The van der Waals surface area contributed by atoms with Crippen molar-refractivity contribution in [3.8, 4) is 5.75 Å². The molecule has 0 saturated carbocycles. The summed E-state index contributed by atoms with van der Waals surface area (Å²) in [6.07, 6.45) is 0. The fraction of sp³-hybridized carbons (Fsp3) is 0.263. The van der Waals surface area contributed by atoms with Crippen LogP contribution in [-0.4, -0.2) is 18.4 Å². The van der Waals surface area contributed by atoms with Crippen LogP contribution < -0.4 is 15.8 Å². The molecule has 0 aliphatic rings. The maximum Gasteiger partial charge on any atom is 0.258 e. The van der Waals surface area contributed by atoms with Gasteiger partial charge in [0, 0.05) is 0 Å². The summed E-state index contributed by atoms with van der Waals surface area (Å²) in [4.78, 5) is 23.6. The molecule has 5 heteroatoms. The highest BCUT2D eigenvalue weighted by atomic mass is 16.5. The maximum atomic E-state index is 12.2. The van der Waals surface area contributed by atoms with E-state index in [-0.39, 0.29) is 30.0 Å². The maximum absolute atomic E-state index is 12.2. The van der Waals surface area contributed by atoms with E-state index in [0.29, 0.717) is 5.75 Å². The second kappa shape index (κ2) is 8.15. The highest BCUT2D eigenvalue weighted by Gasteiger charge is 2.18. The third kappa shape index (κ3) is 4.59. The van der Waals surface area contributed by atoms with Gasteiger partial charge in [0.2, 0.25) is 0 Å². The number of rotatable bonds is 7. The minimum Gasteiger partial charge on any atom is -0.483 e. The molecule has 0 heterocycles. The Balaban J connectivity index is 2.01. The summed E-state index contributed by atoms with van der Waals surface area (Å²) in [7, 11) is 0. The molecule has 3 N–H and O–H groups in total. The first-order valence-corrected chi connectivity index (χ1v) is 7.85. The van der Waals surface area contributed by atoms with Gasteiger partial charge in [0.15, 0.2) is 6.61 Å². The Bertz CT molecular complexity index is 699. The molecule has 126 valence electrons. The quantitative estimate of drug-likeness (QED) is 0.821. The molecule has 0 aliphatic heterocycles. The van der Waals surface area contributed by atoms with Crippen molar-refractivity contribution in [1.82, 2.24) is 5.32 Å². The third-order valence-electron chi connectivity index (χ3n) is 3.65. The van der Waals surface area contributed by atoms with Crippen LogP contribution in [0.2, 0.25) is 0 Å². The zero-order valence-electron chi connectivity index (χ0n) is 13.9. The van der Waals surface area contributed by atoms with Crippen molar-refractivity contribution < 1.29 is 14.3 Å². The predicted octanol–water partition coefficient (Wildman–Crippen LogP) is 2.68. The largest absolute Gasteiger partial charge is 0.483 e. The molecule has 1 atom stereocenters. The lowest BCUT2D eigenvalue weighted by Crippen LogP contribution is -2.35. The Morgan fingerprint density at radius 1 is 1.04 bits per heavy atom. The standard InChI is InChI=1S/C19H22N2O3/c1-13(2)18(14-8-4-3-5-9-14)21-17(22)12-24-16-11-7-6-10-15(16)19(20)23/h3-11,13,18H,12H2,1-2H3,(H2,20,23)(H,21,22). The van der Waals surface area contributed by atoms with Crippen LogP contribution in [0.1, 0.15) is 35.8 Å². The Morgan fingerprint density at radius 2 is 1.67 bits per heavy atom. The lowest BCUT2D eigenvalue weighted by molar-refractivity contribution is -0.124. The van der Waals surface area contributed by atoms with Gasteiger partial charge < -0.3 is 15.8 Å². The fourth-order valence-corrected chi connectivity index (χ4v) is 2.45. The minimum atomic E-state index is -0.588. The molecule has 2 amide bonds. The van der Waals surface area contributed by atoms with E-state index in [4.69, 9.17) is 10.5 Å². The van der Waals surface area contributed by atoms with Crippen LogP contribution >= 0.6 is 0 Å². The summed E-state index contributed by atoms with van der Waals surface area (Å²) in [5, 5.41) is 2.97. The fourth-order valence-electron chi connectivity index (χ4n) is 2.45. The van der Waals surface area contributed by atoms with Gasteiger partial charge in [0.05, 0.1) is 11.6 Å². The van der Waals surface area contributed by atoms with Gasteiger partial charge in [-0.25, -0.2) is 0 Å². The number of amides is 2. The van der Waals surface area contributed by atoms with Crippen LogP contribution in [0.4, 0.5) is 0 Å². The molecule has 2 rings (SSSR count). The molecule has 0 saturated heterocycles. The highest BCUT2D eigenvalue weighted by molar-refractivity contribution is 5.95. The van der Waals surface area contributed by atoms with Crippen LogP contribution in [0.5, 0.6) is 5.75 Å². The zero-order valence-corrected chi connectivity index (χ0v) is 13.9. The second-order valence-corrected chi connectivity index (χ2v) is 5.85. The molecular formula is C19H22N2O3. The van der Waals surface area contributed by atoms with Gasteiger partial charge in [-0.05, 0) is 23.6 Å². The molecule has 0 spiro atoms. The molecule has 0 fully saturated rings. The molecule has 0 bridgehead atoms. The molecule has 2 aromatic rings. The van der Waals surface area contributed by atoms with E-state index in [1.807, 2.05) is 44.2 Å². The number of hydrogen-bond donors (Lipinski definition) is 2. The molecule has 0 aromatic heterocycles. The Hall–Kier alpha value is -2.82. The van der Waals surface area contributed by atoms with Crippen molar-refractivity contribution >= 4 is 11.8 Å². The molecule has 24 heavy (non-hydrogen) atoms. The van der Waals surface area contributed by atoms with E-state index in [1.165, 1.54) is 0 Å². The van der Waals surface area contributed by atoms with Gasteiger partial charge in [-0.2, -0.15) is 0 Å². The van der Waals surface area contributed by atoms with Crippen molar-refractivity contribution in [3.05, 3.63) is 65.7 Å². The lowest BCUT2D eigenvalue weighted by atomic mass is 9.96. The number of benzene rings is 2. The number of carbonyl (C=O) groups is 2. The third-order valence-corrected chi connectivity index (χ3v) is 3.65. The van der Waals surface area contributed by atoms with Gasteiger partial charge in [-0.3, -0.25) is 9.59 Å². The number of nitrogens with two attached hydrogens (primary N) is 1. The van der Waals surface area contributed by atoms with Crippen molar-refractivity contribution in [2.75, 3.05) is 6.61 Å². The summed E-state index contributed by atoms with van der Waals surface area (Å²) in [5.41, 5.74) is 6.60. The molecule has 1 unspecified atom stereocenters. The first-order valence-electron chi connectivity index (χ1n) is 7.85. The van der Waals surface area contributed by atoms with E-state index in [9.17, 15) is 9.59 Å². The number of para-hydroxylation sites is 1. The van der Waals surface area contributed by atoms with Crippen LogP contribution in [0.3, 0.4) is 0 Å². The van der Waals surface area contributed by atoms with E-state index in [2.05, 4.69) is 5.32 Å². The topological polar surface area (TPSA) is 81.4 Å². The normalized spacial score (nSPS) is 11.8. The van der Waals surface area contributed by atoms with Gasteiger partial charge in [0.1, 0.15) is 5.75 Å². The van der Waals surface area contributed by atoms with Gasteiger partial charge in [-0.1, -0.05) is 56.3 Å². The summed E-state index contributed by atoms with van der Waals surface area (Å²) in [6.45, 7) is 3.91. The lowest BCUT2D eigenvalue weighted by Gasteiger charge is -2.23. The predicted molar refractivity (Wildman–Crippen MR) is 92.6 cm³/mol. The average molecular weight is 326 g/mol. The summed E-state index contributed by atoms with van der Waals surface area (Å²) in [5.74, 6) is -0.303. The number of carbonyl (C=O) groups excluding carboxylic acids is 2. The van der Waals surface area contributed by atoms with Crippen LogP contribution in [0.15, 0.2) is 54.6 Å². The smallest absolute Gasteiger partial charge is 0.258 e. The van der Waals surface area contributed by atoms with Crippen molar-refractivity contribution in [2.45, 2.75) is 19.9 Å². The van der Waals surface area contributed by atoms with Gasteiger partial charge >= 0.3 is 0 Å². The van der Waals surface area contributed by atoms with Crippen molar-refractivity contribution in [1.29, 1.82) is 0 Å². The van der Waals surface area contributed by atoms with E-state index < -0.39 is 5.91 Å². The van der Waals surface area contributed by atoms with Gasteiger partial charge in [0.25, 0.3) is 11.8 Å². The Labute approximate surface area is 141 Å². The van der Waals surface area contributed by atoms with Gasteiger partial charge in [-0.15, -0.1) is 0 Å². The Morgan fingerprint density at radius 3 is 2.29 bits per heavy atom. The summed E-state index contributed by atoms with van der Waals surface area (Å²) in [6, 6.07) is 16.3. The molecule has 5 nitrogen and oxygen atoms in total. The van der Waals surface area contributed by atoms with E-state index in [0.717, 1.165) is 5.56 Å². The number of hydrogen-bond acceptors (Lipinski definition) is 3. The van der Waals surface area contributed by atoms with E-state index in [1.54, 1.807) is 24.3 Å². The van der Waals surface area contributed by atoms with Crippen molar-refractivity contribution in [3.63, 3.8) is 0 Å². The second-order valence-electron chi connectivity index (χ2n) is 5.85. The highest BCUT2D eigenvalue weighted by Crippen LogP contribution is 2.21. The monoisotopic (exact) mass is 326 g/mol. The van der Waals surface area contributed by atoms with Crippen LogP contribution in [0, 0.1) is 5.92 Å². The number of nitrogens with one attached hydrogen (secondary N) is 1. The molecule has 0 aliphatic carbocycles. The summed E-state index contributed by atoms with van der Waals surface area (Å²) >= 11 is 0. The number of primary amides is 1. The van der Waals surface area contributed by atoms with Crippen molar-refractivity contribution in [2.24, 2.45) is 11.7 Å².